The molecule has 10 heteroatoms. The summed E-state index contributed by atoms with van der Waals surface area (Å²) in [6.45, 7) is 3.71. The first-order valence-electron chi connectivity index (χ1n) is 12.5. The Bertz CT molecular complexity index is 1560. The average molecular weight is 520 g/mol. The van der Waals surface area contributed by atoms with Crippen LogP contribution in [0.4, 0.5) is 8.78 Å². The number of aliphatic hydroxyl groups is 1. The van der Waals surface area contributed by atoms with Gasteiger partial charge in [0.1, 0.15) is 17.2 Å². The maximum Gasteiger partial charge on any atom is 0.387 e. The van der Waals surface area contributed by atoms with Gasteiger partial charge in [-0.25, -0.2) is 15.0 Å². The highest BCUT2D eigenvalue weighted by atomic mass is 19.3. The second-order valence-corrected chi connectivity index (χ2v) is 10.4. The molecular formula is C28H27F2N5O3. The van der Waals surface area contributed by atoms with E-state index in [0.29, 0.717) is 17.8 Å². The van der Waals surface area contributed by atoms with Gasteiger partial charge in [-0.1, -0.05) is 18.2 Å². The van der Waals surface area contributed by atoms with Gasteiger partial charge in [-0.3, -0.25) is 4.79 Å². The van der Waals surface area contributed by atoms with Gasteiger partial charge in [0.15, 0.2) is 5.82 Å². The van der Waals surface area contributed by atoms with E-state index in [2.05, 4.69) is 14.5 Å². The molecule has 0 saturated heterocycles. The Morgan fingerprint density at radius 3 is 2.53 bits per heavy atom. The molecule has 1 unspecified atom stereocenters. The van der Waals surface area contributed by atoms with E-state index >= 15 is 0 Å². The smallest absolute Gasteiger partial charge is 0.387 e. The van der Waals surface area contributed by atoms with E-state index in [1.807, 2.05) is 31.2 Å². The van der Waals surface area contributed by atoms with E-state index in [-0.39, 0.29) is 29.8 Å². The van der Waals surface area contributed by atoms with Gasteiger partial charge in [0.2, 0.25) is 5.91 Å². The van der Waals surface area contributed by atoms with Crippen molar-refractivity contribution in [2.45, 2.75) is 64.5 Å². The lowest BCUT2D eigenvalue weighted by Gasteiger charge is -2.33. The zero-order chi connectivity index (χ0) is 26.9. The van der Waals surface area contributed by atoms with E-state index in [1.165, 1.54) is 6.92 Å². The van der Waals surface area contributed by atoms with Gasteiger partial charge in [-0.05, 0) is 50.1 Å². The molecule has 1 amide bonds. The molecule has 2 aliphatic heterocycles. The highest BCUT2D eigenvalue weighted by molar-refractivity contribution is 5.84. The predicted molar refractivity (Wildman–Crippen MR) is 136 cm³/mol. The Balaban J connectivity index is 1.55. The number of carbonyl (C=O) groups is 1. The van der Waals surface area contributed by atoms with E-state index in [0.717, 1.165) is 33.5 Å². The number of ether oxygens (including phenoxy) is 1. The molecule has 2 aromatic carbocycles. The molecule has 0 fully saturated rings. The third kappa shape index (κ3) is 3.74. The molecule has 8 nitrogen and oxygen atoms in total. The molecule has 4 aromatic rings. The van der Waals surface area contributed by atoms with E-state index in [1.54, 1.807) is 43.3 Å². The molecule has 196 valence electrons. The number of hydrogen-bond acceptors (Lipinski definition) is 6. The fraction of sp³-hybridized carbons (Fsp3) is 0.357. The van der Waals surface area contributed by atoms with Crippen molar-refractivity contribution < 1.29 is 23.4 Å². The first-order valence-corrected chi connectivity index (χ1v) is 12.5. The Morgan fingerprint density at radius 1 is 1.13 bits per heavy atom. The van der Waals surface area contributed by atoms with Crippen molar-refractivity contribution in [3.05, 3.63) is 71.6 Å². The molecule has 0 saturated carbocycles. The van der Waals surface area contributed by atoms with E-state index in [4.69, 9.17) is 9.72 Å². The standard InChI is InChI=1S/C28H27F2N5O3/c1-14-18-6-5-7-23(38-27(29)30)24(18)21-11-22(34(14)15(2)36)25-33-19-9-8-16(10-20(19)35(21)25)17-12-31-26(32-13-17)28(3,4)37/h5-10,12-14,21-22,27,37H,11H2,1-4H3/t14?,21-,22-/m1/s1. The molecule has 38 heavy (non-hydrogen) atoms. The van der Waals surface area contributed by atoms with Crippen molar-refractivity contribution in [1.29, 1.82) is 0 Å². The molecule has 0 spiro atoms. The molecule has 2 aromatic heterocycles. The van der Waals surface area contributed by atoms with Crippen molar-refractivity contribution >= 4 is 16.9 Å². The maximum absolute atomic E-state index is 13.4. The molecule has 0 aliphatic carbocycles. The lowest BCUT2D eigenvalue weighted by Crippen LogP contribution is -2.34. The Labute approximate surface area is 217 Å². The van der Waals surface area contributed by atoms with Gasteiger partial charge in [0, 0.05) is 36.9 Å². The Morgan fingerprint density at radius 2 is 1.87 bits per heavy atom. The number of alkyl halides is 2. The molecule has 4 heterocycles. The molecule has 6 rings (SSSR count). The zero-order valence-electron chi connectivity index (χ0n) is 21.4. The summed E-state index contributed by atoms with van der Waals surface area (Å²) in [6.07, 6.45) is 3.83. The van der Waals surface area contributed by atoms with Crippen LogP contribution in [0, 0.1) is 0 Å². The maximum atomic E-state index is 13.4. The van der Waals surface area contributed by atoms with Crippen molar-refractivity contribution in [2.24, 2.45) is 0 Å². The number of halogens is 2. The van der Waals surface area contributed by atoms with Crippen LogP contribution in [0.25, 0.3) is 22.2 Å². The van der Waals surface area contributed by atoms with Crippen molar-refractivity contribution in [3.8, 4) is 16.9 Å². The number of imidazole rings is 1. The highest BCUT2D eigenvalue weighted by Gasteiger charge is 2.46. The van der Waals surface area contributed by atoms with E-state index in [9.17, 15) is 18.7 Å². The lowest BCUT2D eigenvalue weighted by atomic mass is 9.94. The summed E-state index contributed by atoms with van der Waals surface area (Å²) in [5.74, 6) is 1.04. The summed E-state index contributed by atoms with van der Waals surface area (Å²) in [4.78, 5) is 28.2. The summed E-state index contributed by atoms with van der Waals surface area (Å²) in [6, 6.07) is 9.91. The third-order valence-corrected chi connectivity index (χ3v) is 7.52. The van der Waals surface area contributed by atoms with Gasteiger partial charge in [-0.2, -0.15) is 8.78 Å². The minimum Gasteiger partial charge on any atom is -0.434 e. The van der Waals surface area contributed by atoms with E-state index < -0.39 is 12.2 Å². The van der Waals surface area contributed by atoms with Crippen LogP contribution in [0.2, 0.25) is 0 Å². The van der Waals surface area contributed by atoms with Crippen LogP contribution in [0.15, 0.2) is 48.8 Å². The van der Waals surface area contributed by atoms with Gasteiger partial charge in [0.25, 0.3) is 0 Å². The Kier molecular flexibility index (Phi) is 5.50. The molecule has 2 bridgehead atoms. The SMILES string of the molecule is CC(=O)N1C(C)c2cccc(OC(F)F)c2[C@H]2C[C@@H]1c1nc3ccc(-c4cnc(C(C)(C)O)nc4)cc3n12. The Hall–Kier alpha value is -3.92. The third-order valence-electron chi connectivity index (χ3n) is 7.52. The second-order valence-electron chi connectivity index (χ2n) is 10.4. The number of amides is 1. The molecule has 2 aliphatic rings. The molecular weight excluding hydrogens is 492 g/mol. The van der Waals surface area contributed by atoms with Gasteiger partial charge < -0.3 is 19.3 Å². The van der Waals surface area contributed by atoms with Crippen LogP contribution in [0.3, 0.4) is 0 Å². The number of nitrogens with zero attached hydrogens (tertiary/aromatic N) is 5. The summed E-state index contributed by atoms with van der Waals surface area (Å²) < 4.78 is 33.9. The van der Waals surface area contributed by atoms with Crippen LogP contribution in [-0.4, -0.2) is 42.0 Å². The number of aromatic nitrogens is 4. The van der Waals surface area contributed by atoms with Crippen LogP contribution in [0.5, 0.6) is 5.75 Å². The number of carbonyl (C=O) groups excluding carboxylic acids is 1. The first-order chi connectivity index (χ1) is 18.0. The zero-order valence-corrected chi connectivity index (χ0v) is 21.4. The monoisotopic (exact) mass is 519 g/mol. The van der Waals surface area contributed by atoms with Gasteiger partial charge in [-0.15, -0.1) is 0 Å². The van der Waals surface area contributed by atoms with Gasteiger partial charge >= 0.3 is 6.61 Å². The second kappa shape index (κ2) is 8.56. The van der Waals surface area contributed by atoms with Crippen LogP contribution in [0.1, 0.15) is 75.0 Å². The normalized spacial score (nSPS) is 20.4. The summed E-state index contributed by atoms with van der Waals surface area (Å²) in [7, 11) is 0. The van der Waals surface area contributed by atoms with Crippen LogP contribution in [-0.2, 0) is 10.4 Å². The summed E-state index contributed by atoms with van der Waals surface area (Å²) >= 11 is 0. The predicted octanol–water partition coefficient (Wildman–Crippen LogP) is 5.28. The minimum absolute atomic E-state index is 0.111. The van der Waals surface area contributed by atoms with Crippen molar-refractivity contribution in [3.63, 3.8) is 0 Å². The largest absolute Gasteiger partial charge is 0.434 e. The number of benzene rings is 2. The van der Waals surface area contributed by atoms with Crippen LogP contribution >= 0.6 is 0 Å². The number of fused-ring (bicyclic) bond motifs is 9. The van der Waals surface area contributed by atoms with Crippen LogP contribution < -0.4 is 4.74 Å². The molecule has 1 N–H and O–H groups in total. The summed E-state index contributed by atoms with van der Waals surface area (Å²) in [5, 5.41) is 10.2. The quantitative estimate of drug-likeness (QED) is 0.394. The first kappa shape index (κ1) is 24.4. The highest BCUT2D eigenvalue weighted by Crippen LogP contribution is 2.53. The average Bonchev–Trinajstić information content (AvgIpc) is 3.36. The topological polar surface area (TPSA) is 93.4 Å². The molecule has 3 atom stereocenters. The fourth-order valence-corrected chi connectivity index (χ4v) is 5.95. The van der Waals surface area contributed by atoms with Gasteiger partial charge in [0.05, 0.1) is 29.2 Å². The fourth-order valence-electron chi connectivity index (χ4n) is 5.95. The summed E-state index contributed by atoms with van der Waals surface area (Å²) in [5.41, 5.74) is 3.42. The van der Waals surface area contributed by atoms with Crippen molar-refractivity contribution in [1.82, 2.24) is 24.4 Å². The number of rotatable bonds is 4. The lowest BCUT2D eigenvalue weighted by molar-refractivity contribution is -0.133. The van der Waals surface area contributed by atoms with Crippen molar-refractivity contribution in [2.75, 3.05) is 0 Å². The molecule has 0 radical (unpaired) electrons. The number of hydrogen-bond donors (Lipinski definition) is 1. The minimum atomic E-state index is -2.97.